The number of hydrogen-bond donors (Lipinski definition) is 2. The smallest absolute Gasteiger partial charge is 0.251 e. The van der Waals surface area contributed by atoms with E-state index in [-0.39, 0.29) is 18.3 Å². The van der Waals surface area contributed by atoms with Crippen molar-refractivity contribution in [3.05, 3.63) is 65.5 Å². The summed E-state index contributed by atoms with van der Waals surface area (Å²) in [5, 5.41) is 6.67. The average Bonchev–Trinajstić information content (AvgIpc) is 2.80. The third-order valence-electron chi connectivity index (χ3n) is 6.58. The van der Waals surface area contributed by atoms with Crippen LogP contribution in [0.15, 0.2) is 48.5 Å². The minimum Gasteiger partial charge on any atom is -0.371 e. The van der Waals surface area contributed by atoms with Crippen molar-refractivity contribution in [3.63, 3.8) is 0 Å². The molecule has 1 amide bonds. The van der Waals surface area contributed by atoms with Crippen molar-refractivity contribution < 1.29 is 9.18 Å². The summed E-state index contributed by atoms with van der Waals surface area (Å²) in [5.41, 5.74) is 2.24. The topological polar surface area (TPSA) is 47.6 Å². The first-order valence-corrected chi connectivity index (χ1v) is 11.4. The van der Waals surface area contributed by atoms with Crippen molar-refractivity contribution in [1.29, 1.82) is 0 Å². The Bertz CT molecular complexity index is 856. The molecule has 0 unspecified atom stereocenters. The third kappa shape index (κ3) is 5.83. The first-order valence-electron chi connectivity index (χ1n) is 11.4. The van der Waals surface area contributed by atoms with Crippen LogP contribution in [0, 0.1) is 5.82 Å². The lowest BCUT2D eigenvalue weighted by Crippen LogP contribution is -2.49. The number of likely N-dealkylation sites (tertiary alicyclic amines) is 1. The summed E-state index contributed by atoms with van der Waals surface area (Å²) in [6, 6.07) is 15.5. The molecule has 4 rings (SSSR count). The van der Waals surface area contributed by atoms with Gasteiger partial charge in [-0.1, -0.05) is 18.2 Å². The maximum Gasteiger partial charge on any atom is 0.251 e. The number of carbonyl (C=O) groups excluding carboxylic acids is 1. The molecule has 0 saturated carbocycles. The first-order chi connectivity index (χ1) is 15.1. The molecule has 2 aliphatic heterocycles. The molecular formula is C25H33FN4O. The highest BCUT2D eigenvalue weighted by atomic mass is 19.1. The summed E-state index contributed by atoms with van der Waals surface area (Å²) in [5.74, 6) is -0.484. The van der Waals surface area contributed by atoms with Gasteiger partial charge in [-0.3, -0.25) is 4.79 Å². The summed E-state index contributed by atoms with van der Waals surface area (Å²) in [6.07, 6.45) is 4.79. The lowest BCUT2D eigenvalue weighted by Gasteiger charge is -2.38. The molecule has 2 fully saturated rings. The minimum atomic E-state index is -0.299. The van der Waals surface area contributed by atoms with Gasteiger partial charge in [0.25, 0.3) is 5.91 Å². The molecule has 2 N–H and O–H groups in total. The number of carbonyl (C=O) groups is 1. The molecular weight excluding hydrogens is 391 g/mol. The van der Waals surface area contributed by atoms with Crippen LogP contribution in [0.5, 0.6) is 0 Å². The van der Waals surface area contributed by atoms with Gasteiger partial charge in [-0.25, -0.2) is 4.39 Å². The maximum atomic E-state index is 13.7. The Morgan fingerprint density at radius 1 is 0.935 bits per heavy atom. The summed E-state index contributed by atoms with van der Waals surface area (Å²) in [7, 11) is 2.20. The molecule has 5 nitrogen and oxygen atoms in total. The van der Waals surface area contributed by atoms with E-state index >= 15 is 0 Å². The van der Waals surface area contributed by atoms with Crippen LogP contribution in [0.4, 0.5) is 10.1 Å². The largest absolute Gasteiger partial charge is 0.371 e. The molecule has 31 heavy (non-hydrogen) atoms. The zero-order chi connectivity index (χ0) is 21.6. The van der Waals surface area contributed by atoms with Crippen LogP contribution in [-0.4, -0.2) is 56.1 Å². The normalized spacial score (nSPS) is 18.8. The van der Waals surface area contributed by atoms with Crippen LogP contribution in [0.25, 0.3) is 0 Å². The Morgan fingerprint density at radius 3 is 2.19 bits per heavy atom. The van der Waals surface area contributed by atoms with Crippen molar-refractivity contribution in [3.8, 4) is 0 Å². The van der Waals surface area contributed by atoms with E-state index in [1.165, 1.54) is 32.0 Å². The van der Waals surface area contributed by atoms with Crippen molar-refractivity contribution >= 4 is 11.6 Å². The second-order valence-corrected chi connectivity index (χ2v) is 8.83. The van der Waals surface area contributed by atoms with Gasteiger partial charge in [-0.15, -0.1) is 0 Å². The van der Waals surface area contributed by atoms with Crippen molar-refractivity contribution in [2.75, 3.05) is 38.1 Å². The zero-order valence-electron chi connectivity index (χ0n) is 18.3. The average molecular weight is 425 g/mol. The van der Waals surface area contributed by atoms with E-state index < -0.39 is 0 Å². The summed E-state index contributed by atoms with van der Waals surface area (Å²) >= 11 is 0. The van der Waals surface area contributed by atoms with E-state index in [9.17, 15) is 9.18 Å². The Hall–Kier alpha value is -2.44. The number of amides is 1. The predicted octanol–water partition coefficient (Wildman–Crippen LogP) is 3.41. The van der Waals surface area contributed by atoms with Gasteiger partial charge in [0.15, 0.2) is 0 Å². The molecule has 0 aliphatic carbocycles. The van der Waals surface area contributed by atoms with E-state index in [1.54, 1.807) is 18.2 Å². The molecule has 6 heteroatoms. The van der Waals surface area contributed by atoms with Gasteiger partial charge in [0.2, 0.25) is 0 Å². The van der Waals surface area contributed by atoms with Crippen LogP contribution in [0.2, 0.25) is 0 Å². The Kier molecular flexibility index (Phi) is 7.20. The highest BCUT2D eigenvalue weighted by Crippen LogP contribution is 2.22. The van der Waals surface area contributed by atoms with Crippen molar-refractivity contribution in [1.82, 2.24) is 15.5 Å². The van der Waals surface area contributed by atoms with Gasteiger partial charge in [-0.2, -0.15) is 0 Å². The monoisotopic (exact) mass is 424 g/mol. The maximum absolute atomic E-state index is 13.7. The van der Waals surface area contributed by atoms with Crippen LogP contribution >= 0.6 is 0 Å². The lowest BCUT2D eigenvalue weighted by molar-refractivity contribution is 0.0950. The summed E-state index contributed by atoms with van der Waals surface area (Å²) in [4.78, 5) is 17.2. The SMILES string of the molecule is CN1CCC(NC2CCN(c3ccc(C(=O)NCc4ccccc4F)cc3)CC2)CC1. The fraction of sp³-hybridized carbons (Fsp3) is 0.480. The van der Waals surface area contributed by atoms with Crippen LogP contribution in [0.1, 0.15) is 41.6 Å². The predicted molar refractivity (Wildman–Crippen MR) is 123 cm³/mol. The molecule has 2 aromatic rings. The second-order valence-electron chi connectivity index (χ2n) is 8.83. The molecule has 2 saturated heterocycles. The van der Waals surface area contributed by atoms with Gasteiger partial charge < -0.3 is 20.4 Å². The third-order valence-corrected chi connectivity index (χ3v) is 6.58. The Morgan fingerprint density at radius 2 is 1.55 bits per heavy atom. The highest BCUT2D eigenvalue weighted by molar-refractivity contribution is 5.94. The summed E-state index contributed by atoms with van der Waals surface area (Å²) in [6.45, 7) is 4.63. The number of anilines is 1. The van der Waals surface area contributed by atoms with E-state index in [0.29, 0.717) is 23.2 Å². The van der Waals surface area contributed by atoms with Crippen molar-refractivity contribution in [2.24, 2.45) is 0 Å². The number of benzene rings is 2. The molecule has 2 aromatic carbocycles. The Labute approximate surface area is 184 Å². The molecule has 0 bridgehead atoms. The number of piperidine rings is 2. The van der Waals surface area contributed by atoms with Gasteiger partial charge in [0.1, 0.15) is 5.82 Å². The molecule has 0 atom stereocenters. The van der Waals surface area contributed by atoms with E-state index in [2.05, 4.69) is 27.5 Å². The Balaban J connectivity index is 1.24. The minimum absolute atomic E-state index is 0.184. The first kappa shape index (κ1) is 21.8. The number of halogens is 1. The molecule has 0 spiro atoms. The van der Waals surface area contributed by atoms with Crippen LogP contribution in [0.3, 0.4) is 0 Å². The highest BCUT2D eigenvalue weighted by Gasteiger charge is 2.24. The molecule has 0 aromatic heterocycles. The van der Waals surface area contributed by atoms with Crippen LogP contribution in [-0.2, 0) is 6.54 Å². The van der Waals surface area contributed by atoms with E-state index in [0.717, 1.165) is 31.6 Å². The number of rotatable bonds is 6. The molecule has 2 heterocycles. The number of hydrogen-bond acceptors (Lipinski definition) is 4. The second kappa shape index (κ2) is 10.2. The van der Waals surface area contributed by atoms with Gasteiger partial charge in [0.05, 0.1) is 0 Å². The van der Waals surface area contributed by atoms with E-state index in [1.807, 2.05) is 24.3 Å². The quantitative estimate of drug-likeness (QED) is 0.746. The summed E-state index contributed by atoms with van der Waals surface area (Å²) < 4.78 is 13.7. The van der Waals surface area contributed by atoms with Crippen molar-refractivity contribution in [2.45, 2.75) is 44.3 Å². The molecule has 0 radical (unpaired) electrons. The fourth-order valence-electron chi connectivity index (χ4n) is 4.56. The van der Waals surface area contributed by atoms with Gasteiger partial charge in [0, 0.05) is 48.5 Å². The number of nitrogens with zero attached hydrogens (tertiary/aromatic N) is 2. The zero-order valence-corrected chi connectivity index (χ0v) is 18.3. The number of nitrogens with one attached hydrogen (secondary N) is 2. The lowest BCUT2D eigenvalue weighted by atomic mass is 9.99. The molecule has 2 aliphatic rings. The standard InChI is InChI=1S/C25H33FN4O/c1-29-14-10-21(11-15-29)28-22-12-16-30(17-13-22)23-8-6-19(7-9-23)25(31)27-18-20-4-2-3-5-24(20)26/h2-9,21-22,28H,10-18H2,1H3,(H,27,31). The van der Waals surface area contributed by atoms with Gasteiger partial charge in [-0.05, 0) is 76.2 Å². The van der Waals surface area contributed by atoms with Crippen LogP contribution < -0.4 is 15.5 Å². The fourth-order valence-corrected chi connectivity index (χ4v) is 4.56. The van der Waals surface area contributed by atoms with Gasteiger partial charge >= 0.3 is 0 Å². The van der Waals surface area contributed by atoms with E-state index in [4.69, 9.17) is 0 Å². The molecule has 166 valence electrons.